The number of amides is 2. The summed E-state index contributed by atoms with van der Waals surface area (Å²) in [6.45, 7) is 0.399. The van der Waals surface area contributed by atoms with Gasteiger partial charge in [-0.25, -0.2) is 9.59 Å². The number of likely N-dealkylation sites (tertiary alicyclic amines) is 1. The highest BCUT2D eigenvalue weighted by Crippen LogP contribution is 2.19. The molecule has 1 aromatic rings. The third kappa shape index (κ3) is 5.54. The normalized spacial score (nSPS) is 17.1. The highest BCUT2D eigenvalue weighted by atomic mass is 16.5. The summed E-state index contributed by atoms with van der Waals surface area (Å²) in [5.41, 5.74) is 0.852. The second-order valence-electron chi connectivity index (χ2n) is 6.28. The zero-order valence-corrected chi connectivity index (χ0v) is 15.5. The van der Waals surface area contributed by atoms with Gasteiger partial charge in [0.15, 0.2) is 0 Å². The third-order valence-electron chi connectivity index (χ3n) is 4.46. The first-order valence-corrected chi connectivity index (χ1v) is 8.74. The first-order valence-electron chi connectivity index (χ1n) is 8.74. The Hall–Kier alpha value is -2.90. The Morgan fingerprint density at radius 1 is 1.15 bits per heavy atom. The summed E-state index contributed by atoms with van der Waals surface area (Å²) in [7, 11) is 2.50. The number of hydrogen-bond donors (Lipinski definition) is 1. The number of nitrogens with one attached hydrogen (secondary N) is 1. The van der Waals surface area contributed by atoms with Crippen LogP contribution in [0, 0.1) is 0 Å². The maximum Gasteiger partial charge on any atom is 0.328 e. The molecule has 1 saturated heterocycles. The number of ether oxygens (including phenoxy) is 2. The van der Waals surface area contributed by atoms with E-state index in [1.807, 2.05) is 30.3 Å². The summed E-state index contributed by atoms with van der Waals surface area (Å²) in [5.74, 6) is -2.14. The largest absolute Gasteiger partial charge is 0.467 e. The highest BCUT2D eigenvalue weighted by Gasteiger charge is 2.35. The van der Waals surface area contributed by atoms with E-state index in [-0.39, 0.29) is 6.42 Å². The van der Waals surface area contributed by atoms with Gasteiger partial charge in [-0.05, 0) is 18.4 Å². The first kappa shape index (κ1) is 20.4. The Morgan fingerprint density at radius 3 is 2.48 bits per heavy atom. The van der Waals surface area contributed by atoms with Gasteiger partial charge in [0.2, 0.25) is 11.8 Å². The number of hydrogen-bond acceptors (Lipinski definition) is 6. The van der Waals surface area contributed by atoms with E-state index in [4.69, 9.17) is 9.47 Å². The summed E-state index contributed by atoms with van der Waals surface area (Å²) in [6, 6.07) is 7.62. The van der Waals surface area contributed by atoms with Gasteiger partial charge in [0, 0.05) is 13.0 Å². The third-order valence-corrected chi connectivity index (χ3v) is 4.46. The summed E-state index contributed by atoms with van der Waals surface area (Å²) >= 11 is 0. The van der Waals surface area contributed by atoms with E-state index in [0.29, 0.717) is 19.4 Å². The standard InChI is InChI=1S/C19H24N2O6/c1-26-18(24)14(11-13-7-4-3-5-8-13)20-16(22)12-17(23)21-10-6-9-15(21)19(25)27-2/h3-5,7-8,14-15H,6,9-12H2,1-2H3,(H,20,22)/t14-,15-/m0/s1. The van der Waals surface area contributed by atoms with Gasteiger partial charge < -0.3 is 19.7 Å². The predicted molar refractivity (Wildman–Crippen MR) is 95.5 cm³/mol. The molecule has 0 aliphatic carbocycles. The van der Waals surface area contributed by atoms with Gasteiger partial charge >= 0.3 is 11.9 Å². The molecule has 1 aliphatic rings. The summed E-state index contributed by atoms with van der Waals surface area (Å²) in [5, 5.41) is 2.55. The molecule has 27 heavy (non-hydrogen) atoms. The molecule has 1 heterocycles. The van der Waals surface area contributed by atoms with Gasteiger partial charge in [0.25, 0.3) is 0 Å². The zero-order chi connectivity index (χ0) is 19.8. The second-order valence-corrected chi connectivity index (χ2v) is 6.28. The Morgan fingerprint density at radius 2 is 1.85 bits per heavy atom. The van der Waals surface area contributed by atoms with Crippen molar-refractivity contribution < 1.29 is 28.7 Å². The van der Waals surface area contributed by atoms with Gasteiger partial charge in [0.05, 0.1) is 14.2 Å². The smallest absolute Gasteiger partial charge is 0.328 e. The van der Waals surface area contributed by atoms with Crippen LogP contribution in [-0.4, -0.2) is 61.5 Å². The highest BCUT2D eigenvalue weighted by molar-refractivity contribution is 5.99. The average molecular weight is 376 g/mol. The lowest BCUT2D eigenvalue weighted by molar-refractivity contribution is -0.152. The van der Waals surface area contributed by atoms with Crippen LogP contribution >= 0.6 is 0 Å². The fraction of sp³-hybridized carbons (Fsp3) is 0.474. The van der Waals surface area contributed by atoms with Crippen molar-refractivity contribution >= 4 is 23.8 Å². The van der Waals surface area contributed by atoms with Crippen molar-refractivity contribution in [1.29, 1.82) is 0 Å². The van der Waals surface area contributed by atoms with Crippen molar-refractivity contribution in [2.45, 2.75) is 37.8 Å². The van der Waals surface area contributed by atoms with Crippen LogP contribution < -0.4 is 5.32 Å². The first-order chi connectivity index (χ1) is 13.0. The lowest BCUT2D eigenvalue weighted by atomic mass is 10.1. The fourth-order valence-corrected chi connectivity index (χ4v) is 3.12. The predicted octanol–water partition coefficient (Wildman–Crippen LogP) is 0.441. The molecule has 1 fully saturated rings. The minimum absolute atomic E-state index is 0.252. The molecule has 0 bridgehead atoms. The number of benzene rings is 1. The van der Waals surface area contributed by atoms with Gasteiger partial charge in [-0.3, -0.25) is 9.59 Å². The average Bonchev–Trinajstić information content (AvgIpc) is 3.17. The molecule has 8 nitrogen and oxygen atoms in total. The number of esters is 2. The monoisotopic (exact) mass is 376 g/mol. The molecule has 1 aromatic carbocycles. The van der Waals surface area contributed by atoms with Crippen LogP contribution in [0.3, 0.4) is 0 Å². The maximum atomic E-state index is 12.4. The Balaban J connectivity index is 1.97. The van der Waals surface area contributed by atoms with E-state index in [1.165, 1.54) is 19.1 Å². The van der Waals surface area contributed by atoms with Gasteiger partial charge in [-0.1, -0.05) is 30.3 Å². The number of nitrogens with zero attached hydrogens (tertiary/aromatic N) is 1. The van der Waals surface area contributed by atoms with Crippen molar-refractivity contribution in [3.8, 4) is 0 Å². The van der Waals surface area contributed by atoms with Crippen LogP contribution in [-0.2, 0) is 35.1 Å². The summed E-state index contributed by atoms with van der Waals surface area (Å²) in [4.78, 5) is 49.8. The minimum atomic E-state index is -0.896. The molecule has 1 N–H and O–H groups in total. The van der Waals surface area contributed by atoms with Crippen LogP contribution in [0.25, 0.3) is 0 Å². The molecule has 2 amide bonds. The maximum absolute atomic E-state index is 12.4. The summed E-state index contributed by atoms with van der Waals surface area (Å²) in [6.07, 6.45) is 0.989. The Labute approximate surface area is 157 Å². The minimum Gasteiger partial charge on any atom is -0.467 e. The van der Waals surface area contributed by atoms with Crippen molar-refractivity contribution in [2.24, 2.45) is 0 Å². The van der Waals surface area contributed by atoms with Crippen LogP contribution in [0.1, 0.15) is 24.8 Å². The van der Waals surface area contributed by atoms with Crippen LogP contribution in [0.5, 0.6) is 0 Å². The molecule has 1 aliphatic heterocycles. The molecular weight excluding hydrogens is 352 g/mol. The Kier molecular flexibility index (Phi) is 7.34. The van der Waals surface area contributed by atoms with Gasteiger partial charge in [0.1, 0.15) is 18.5 Å². The number of carbonyl (C=O) groups excluding carboxylic acids is 4. The van der Waals surface area contributed by atoms with Crippen LogP contribution in [0.2, 0.25) is 0 Å². The molecule has 0 aromatic heterocycles. The van der Waals surface area contributed by atoms with Crippen molar-refractivity contribution in [3.63, 3.8) is 0 Å². The van der Waals surface area contributed by atoms with Crippen LogP contribution in [0.15, 0.2) is 30.3 Å². The van der Waals surface area contributed by atoms with Crippen molar-refractivity contribution in [1.82, 2.24) is 10.2 Å². The quantitative estimate of drug-likeness (QED) is 0.547. The molecule has 8 heteroatoms. The number of methoxy groups -OCH3 is 2. The molecule has 2 atom stereocenters. The molecular formula is C19H24N2O6. The Bertz CT molecular complexity index is 691. The van der Waals surface area contributed by atoms with Crippen molar-refractivity contribution in [2.75, 3.05) is 20.8 Å². The number of carbonyl (C=O) groups is 4. The van der Waals surface area contributed by atoms with Crippen LogP contribution in [0.4, 0.5) is 0 Å². The van der Waals surface area contributed by atoms with Gasteiger partial charge in [-0.15, -0.1) is 0 Å². The number of rotatable bonds is 7. The molecule has 0 saturated carbocycles. The fourth-order valence-electron chi connectivity index (χ4n) is 3.12. The lowest BCUT2D eigenvalue weighted by Crippen LogP contribution is -2.46. The molecule has 146 valence electrons. The summed E-state index contributed by atoms with van der Waals surface area (Å²) < 4.78 is 9.45. The molecule has 0 spiro atoms. The van der Waals surface area contributed by atoms with E-state index in [9.17, 15) is 19.2 Å². The topological polar surface area (TPSA) is 102 Å². The lowest BCUT2D eigenvalue weighted by Gasteiger charge is -2.23. The van der Waals surface area contributed by atoms with Crippen molar-refractivity contribution in [3.05, 3.63) is 35.9 Å². The van der Waals surface area contributed by atoms with E-state index >= 15 is 0 Å². The van der Waals surface area contributed by atoms with E-state index in [0.717, 1.165) is 5.56 Å². The zero-order valence-electron chi connectivity index (χ0n) is 15.5. The SMILES string of the molecule is COC(=O)[C@H](Cc1ccccc1)NC(=O)CC(=O)N1CCC[C@H]1C(=O)OC. The van der Waals surface area contributed by atoms with Gasteiger partial charge in [-0.2, -0.15) is 0 Å². The second kappa shape index (κ2) is 9.70. The molecule has 0 unspecified atom stereocenters. The van der Waals surface area contributed by atoms with E-state index < -0.39 is 42.3 Å². The van der Waals surface area contributed by atoms with E-state index in [2.05, 4.69) is 5.32 Å². The molecule has 2 rings (SSSR count). The molecule has 0 radical (unpaired) electrons. The van der Waals surface area contributed by atoms with E-state index in [1.54, 1.807) is 0 Å².